The van der Waals surface area contributed by atoms with Gasteiger partial charge in [-0.05, 0) is 42.5 Å². The molecule has 0 radical (unpaired) electrons. The molecule has 0 unspecified atom stereocenters. The maximum absolute atomic E-state index is 12.3. The molecule has 1 aliphatic rings. The first-order chi connectivity index (χ1) is 15.2. The largest absolute Gasteiger partial charge is 0.497 e. The summed E-state index contributed by atoms with van der Waals surface area (Å²) in [6.45, 7) is 4.09. The lowest BCUT2D eigenvalue weighted by Gasteiger charge is -2.27. The maximum Gasteiger partial charge on any atom is 0.308 e. The molecular formula is C22H22BrN3O6. The van der Waals surface area contributed by atoms with Crippen molar-refractivity contribution in [3.05, 3.63) is 52.5 Å². The van der Waals surface area contributed by atoms with Crippen molar-refractivity contribution >= 4 is 45.3 Å². The second-order valence-electron chi connectivity index (χ2n) is 6.90. The molecule has 32 heavy (non-hydrogen) atoms. The first-order valence-corrected chi connectivity index (χ1v) is 10.4. The Labute approximate surface area is 193 Å². The Bertz CT molecular complexity index is 1070. The molecule has 168 valence electrons. The Morgan fingerprint density at radius 3 is 2.38 bits per heavy atom. The van der Waals surface area contributed by atoms with E-state index < -0.39 is 12.2 Å². The van der Waals surface area contributed by atoms with Crippen LogP contribution in [0, 0.1) is 0 Å². The number of methoxy groups -OCH3 is 1. The minimum Gasteiger partial charge on any atom is -0.497 e. The minimum atomic E-state index is -0.883. The summed E-state index contributed by atoms with van der Waals surface area (Å²) in [5.41, 5.74) is 0.981. The van der Waals surface area contributed by atoms with Gasteiger partial charge in [0.15, 0.2) is 0 Å². The summed E-state index contributed by atoms with van der Waals surface area (Å²) < 4.78 is 17.4. The fourth-order valence-electron chi connectivity index (χ4n) is 3.11. The smallest absolute Gasteiger partial charge is 0.308 e. The van der Waals surface area contributed by atoms with Crippen LogP contribution < -0.4 is 14.4 Å². The zero-order valence-corrected chi connectivity index (χ0v) is 19.6. The topological polar surface area (TPSA) is 97.7 Å². The van der Waals surface area contributed by atoms with Gasteiger partial charge in [0.1, 0.15) is 11.5 Å². The lowest BCUT2D eigenvalue weighted by molar-refractivity contribution is -0.135. The number of amides is 2. The molecule has 0 N–H and O–H groups in total. The molecule has 1 aliphatic heterocycles. The molecule has 0 fully saturated rings. The van der Waals surface area contributed by atoms with Crippen LogP contribution in [0.25, 0.3) is 0 Å². The molecule has 2 amide bonds. The lowest BCUT2D eigenvalue weighted by Crippen LogP contribution is -2.44. The Hall–Kier alpha value is -3.40. The highest BCUT2D eigenvalue weighted by atomic mass is 79.9. The molecule has 0 saturated heterocycles. The third-order valence-electron chi connectivity index (χ3n) is 4.57. The fourth-order valence-corrected chi connectivity index (χ4v) is 3.37. The molecule has 1 heterocycles. The van der Waals surface area contributed by atoms with Gasteiger partial charge in [0.05, 0.1) is 19.2 Å². The Morgan fingerprint density at radius 2 is 1.81 bits per heavy atom. The Morgan fingerprint density at radius 1 is 1.12 bits per heavy atom. The summed E-state index contributed by atoms with van der Waals surface area (Å²) >= 11 is 3.37. The standard InChI is InChI=1S/C22H22BrN3O6/c1-13(27)25(17-7-5-16(23)6-8-17)12-21-26(14(2)28)24-22(32-21)19-11-18(30-4)9-10-20(19)31-15(3)29/h5-11,21H,12H2,1-4H3/t21-/m1/s1. The number of hydrazone groups is 1. The molecule has 2 aromatic rings. The Kier molecular flexibility index (Phi) is 7.14. The van der Waals surface area contributed by atoms with Crippen molar-refractivity contribution in [1.29, 1.82) is 0 Å². The van der Waals surface area contributed by atoms with Gasteiger partial charge < -0.3 is 19.1 Å². The van der Waals surface area contributed by atoms with Gasteiger partial charge >= 0.3 is 5.97 Å². The van der Waals surface area contributed by atoms with Crippen molar-refractivity contribution in [2.24, 2.45) is 5.10 Å². The van der Waals surface area contributed by atoms with Crippen LogP contribution in [0.1, 0.15) is 26.3 Å². The Balaban J connectivity index is 1.93. The molecule has 3 rings (SSSR count). The number of nitrogens with zero attached hydrogens (tertiary/aromatic N) is 3. The summed E-state index contributed by atoms with van der Waals surface area (Å²) in [7, 11) is 1.50. The third-order valence-corrected chi connectivity index (χ3v) is 5.10. The summed E-state index contributed by atoms with van der Waals surface area (Å²) in [6.07, 6.45) is -0.883. The van der Waals surface area contributed by atoms with Crippen molar-refractivity contribution in [2.45, 2.75) is 27.0 Å². The van der Waals surface area contributed by atoms with E-state index in [0.717, 1.165) is 9.48 Å². The van der Waals surface area contributed by atoms with E-state index in [9.17, 15) is 14.4 Å². The van der Waals surface area contributed by atoms with Crippen molar-refractivity contribution in [1.82, 2.24) is 5.01 Å². The highest BCUT2D eigenvalue weighted by molar-refractivity contribution is 9.10. The molecule has 10 heteroatoms. The average Bonchev–Trinajstić information content (AvgIpc) is 3.16. The van der Waals surface area contributed by atoms with Crippen molar-refractivity contribution in [3.63, 3.8) is 0 Å². The van der Waals surface area contributed by atoms with E-state index in [1.165, 1.54) is 32.8 Å². The van der Waals surface area contributed by atoms with E-state index in [2.05, 4.69) is 21.0 Å². The molecule has 0 saturated carbocycles. The van der Waals surface area contributed by atoms with Crippen molar-refractivity contribution in [2.75, 3.05) is 18.6 Å². The van der Waals surface area contributed by atoms with E-state index in [0.29, 0.717) is 17.0 Å². The van der Waals surface area contributed by atoms with Gasteiger partial charge in [0.25, 0.3) is 0 Å². The van der Waals surface area contributed by atoms with Crippen molar-refractivity contribution in [3.8, 4) is 11.5 Å². The summed E-state index contributed by atoms with van der Waals surface area (Å²) in [4.78, 5) is 37.6. The van der Waals surface area contributed by atoms with E-state index in [-0.39, 0.29) is 30.0 Å². The van der Waals surface area contributed by atoms with Crippen LogP contribution in [-0.4, -0.2) is 48.6 Å². The molecule has 0 bridgehead atoms. The molecule has 0 spiro atoms. The highest BCUT2D eigenvalue weighted by Gasteiger charge is 2.35. The summed E-state index contributed by atoms with van der Waals surface area (Å²) in [5.74, 6) is -0.360. The molecule has 0 aromatic heterocycles. The number of halogens is 1. The van der Waals surface area contributed by atoms with Crippen LogP contribution in [0.5, 0.6) is 11.5 Å². The third kappa shape index (κ3) is 5.25. The maximum atomic E-state index is 12.3. The van der Waals surface area contributed by atoms with E-state index in [4.69, 9.17) is 14.2 Å². The van der Waals surface area contributed by atoms with Crippen molar-refractivity contribution < 1.29 is 28.6 Å². The zero-order valence-electron chi connectivity index (χ0n) is 18.0. The van der Waals surface area contributed by atoms with Gasteiger partial charge in [-0.2, -0.15) is 5.01 Å². The van der Waals surface area contributed by atoms with E-state index >= 15 is 0 Å². The predicted molar refractivity (Wildman–Crippen MR) is 120 cm³/mol. The van der Waals surface area contributed by atoms with Crippen LogP contribution in [0.15, 0.2) is 52.0 Å². The highest BCUT2D eigenvalue weighted by Crippen LogP contribution is 2.30. The molecule has 0 aliphatic carbocycles. The van der Waals surface area contributed by atoms with E-state index in [1.807, 2.05) is 12.1 Å². The minimum absolute atomic E-state index is 0.0381. The van der Waals surface area contributed by atoms with Crippen LogP contribution in [0.4, 0.5) is 5.69 Å². The van der Waals surface area contributed by atoms with Crippen LogP contribution in [0.2, 0.25) is 0 Å². The normalized spacial score (nSPS) is 15.0. The van der Waals surface area contributed by atoms with Gasteiger partial charge in [-0.15, -0.1) is 5.10 Å². The second-order valence-corrected chi connectivity index (χ2v) is 7.82. The van der Waals surface area contributed by atoms with Gasteiger partial charge in [-0.1, -0.05) is 15.9 Å². The van der Waals surface area contributed by atoms with Crippen LogP contribution in [0.3, 0.4) is 0 Å². The van der Waals surface area contributed by atoms with Gasteiger partial charge in [-0.3, -0.25) is 14.4 Å². The number of hydrogen-bond acceptors (Lipinski definition) is 7. The number of benzene rings is 2. The predicted octanol–water partition coefficient (Wildman–Crippen LogP) is 3.30. The van der Waals surface area contributed by atoms with Gasteiger partial charge in [-0.25, -0.2) is 0 Å². The number of esters is 1. The molecule has 9 nitrogen and oxygen atoms in total. The number of carbonyl (C=O) groups is 3. The molecule has 2 aromatic carbocycles. The molecule has 1 atom stereocenters. The van der Waals surface area contributed by atoms with Gasteiger partial charge in [0.2, 0.25) is 23.9 Å². The first-order valence-electron chi connectivity index (χ1n) is 9.65. The fraction of sp³-hybridized carbons (Fsp3) is 0.273. The number of carbonyl (C=O) groups excluding carboxylic acids is 3. The van der Waals surface area contributed by atoms with Gasteiger partial charge in [0, 0.05) is 30.9 Å². The quantitative estimate of drug-likeness (QED) is 0.443. The lowest BCUT2D eigenvalue weighted by atomic mass is 10.2. The number of hydrogen-bond donors (Lipinski definition) is 0. The van der Waals surface area contributed by atoms with Crippen LogP contribution in [-0.2, 0) is 19.1 Å². The van der Waals surface area contributed by atoms with Crippen LogP contribution >= 0.6 is 15.9 Å². The van der Waals surface area contributed by atoms with E-state index in [1.54, 1.807) is 30.3 Å². The number of rotatable bonds is 6. The molecular weight excluding hydrogens is 482 g/mol. The monoisotopic (exact) mass is 503 g/mol. The zero-order chi connectivity index (χ0) is 23.4. The number of anilines is 1. The first kappa shape index (κ1) is 23.3. The SMILES string of the molecule is COc1ccc(OC(C)=O)c(C2=NN(C(C)=O)[C@@H](CN(C(C)=O)c3ccc(Br)cc3)O2)c1. The summed E-state index contributed by atoms with van der Waals surface area (Å²) in [6, 6.07) is 12.0. The second kappa shape index (κ2) is 9.82. The summed E-state index contributed by atoms with van der Waals surface area (Å²) in [5, 5.41) is 5.44. The average molecular weight is 504 g/mol. The number of ether oxygens (including phenoxy) is 3.